The standard InChI is InChI=1S/C20H17I2NO3S/c1-3-26-18-15(21)8-13(9-16(18)22)10-17-19(24)23(20(25)27-17)11-14-7-5-4-6-12(14)2/h4-10H,3,11H2,1-2H3/b17-10-. The molecule has 0 spiro atoms. The number of carbonyl (C=O) groups excluding carboxylic acids is 2. The molecule has 3 rings (SSSR count). The van der Waals surface area contributed by atoms with Gasteiger partial charge in [-0.15, -0.1) is 0 Å². The van der Waals surface area contributed by atoms with Crippen LogP contribution in [0.25, 0.3) is 6.08 Å². The summed E-state index contributed by atoms with van der Waals surface area (Å²) in [5, 5.41) is -0.232. The van der Waals surface area contributed by atoms with Crippen molar-refractivity contribution in [2.24, 2.45) is 0 Å². The molecule has 1 aliphatic rings. The smallest absolute Gasteiger partial charge is 0.293 e. The Balaban J connectivity index is 1.85. The van der Waals surface area contributed by atoms with E-state index < -0.39 is 0 Å². The van der Waals surface area contributed by atoms with Gasteiger partial charge in [0.1, 0.15) is 5.75 Å². The Hall–Kier alpha value is -1.07. The van der Waals surface area contributed by atoms with Crippen molar-refractivity contribution in [2.75, 3.05) is 6.61 Å². The number of rotatable bonds is 5. The molecule has 0 saturated carbocycles. The lowest BCUT2D eigenvalue weighted by atomic mass is 10.1. The van der Waals surface area contributed by atoms with Gasteiger partial charge in [0.2, 0.25) is 0 Å². The third kappa shape index (κ3) is 4.68. The molecule has 0 aliphatic carbocycles. The fraction of sp³-hybridized carbons (Fsp3) is 0.200. The quantitative estimate of drug-likeness (QED) is 0.318. The van der Waals surface area contributed by atoms with Crippen LogP contribution in [0.2, 0.25) is 0 Å². The average Bonchev–Trinajstić information content (AvgIpc) is 2.87. The molecule has 2 aromatic carbocycles. The van der Waals surface area contributed by atoms with E-state index in [0.29, 0.717) is 18.1 Å². The van der Waals surface area contributed by atoms with Gasteiger partial charge in [0.15, 0.2) is 0 Å². The summed E-state index contributed by atoms with van der Waals surface area (Å²) in [6.45, 7) is 4.83. The minimum atomic E-state index is -0.243. The lowest BCUT2D eigenvalue weighted by molar-refractivity contribution is -0.123. The second-order valence-corrected chi connectivity index (χ2v) is 9.26. The SMILES string of the molecule is CCOc1c(I)cc(/C=C2\SC(=O)N(Cc3ccccc3C)C2=O)cc1I. The highest BCUT2D eigenvalue weighted by Gasteiger charge is 2.35. The van der Waals surface area contributed by atoms with Gasteiger partial charge in [0.05, 0.1) is 25.2 Å². The number of ether oxygens (including phenoxy) is 1. The van der Waals surface area contributed by atoms with Crippen molar-refractivity contribution in [3.05, 3.63) is 65.1 Å². The first-order chi connectivity index (χ1) is 12.9. The molecule has 1 aliphatic heterocycles. The van der Waals surface area contributed by atoms with Crippen LogP contribution in [0.5, 0.6) is 5.75 Å². The molecule has 1 heterocycles. The summed E-state index contributed by atoms with van der Waals surface area (Å²) in [5.41, 5.74) is 2.93. The molecule has 1 saturated heterocycles. The van der Waals surface area contributed by atoms with E-state index in [1.807, 2.05) is 50.2 Å². The molecule has 27 heavy (non-hydrogen) atoms. The first-order valence-electron chi connectivity index (χ1n) is 8.32. The van der Waals surface area contributed by atoms with Crippen molar-refractivity contribution in [1.82, 2.24) is 4.90 Å². The van der Waals surface area contributed by atoms with E-state index in [0.717, 1.165) is 41.3 Å². The zero-order valence-corrected chi connectivity index (χ0v) is 19.9. The molecule has 4 nitrogen and oxygen atoms in total. The van der Waals surface area contributed by atoms with Crippen molar-refractivity contribution in [3.63, 3.8) is 0 Å². The van der Waals surface area contributed by atoms with Gasteiger partial charge >= 0.3 is 0 Å². The van der Waals surface area contributed by atoms with Crippen LogP contribution in [-0.4, -0.2) is 22.7 Å². The van der Waals surface area contributed by atoms with Crippen LogP contribution in [0.15, 0.2) is 41.3 Å². The van der Waals surface area contributed by atoms with E-state index in [9.17, 15) is 9.59 Å². The van der Waals surface area contributed by atoms with Crippen LogP contribution in [0.4, 0.5) is 4.79 Å². The van der Waals surface area contributed by atoms with Crippen LogP contribution in [0, 0.1) is 14.1 Å². The molecule has 0 aromatic heterocycles. The van der Waals surface area contributed by atoms with Crippen LogP contribution < -0.4 is 4.74 Å². The Morgan fingerprint density at radius 2 is 1.81 bits per heavy atom. The summed E-state index contributed by atoms with van der Waals surface area (Å²) in [6.07, 6.45) is 1.78. The third-order valence-corrected chi connectivity index (χ3v) is 6.58. The Morgan fingerprint density at radius 3 is 2.44 bits per heavy atom. The van der Waals surface area contributed by atoms with E-state index in [4.69, 9.17) is 4.74 Å². The Bertz CT molecular complexity index is 920. The number of hydrogen-bond donors (Lipinski definition) is 0. The molecule has 140 valence electrons. The number of carbonyl (C=O) groups is 2. The summed E-state index contributed by atoms with van der Waals surface area (Å²) < 4.78 is 7.61. The van der Waals surface area contributed by atoms with Crippen molar-refractivity contribution in [2.45, 2.75) is 20.4 Å². The molecular weight excluding hydrogens is 588 g/mol. The number of imide groups is 1. The zero-order chi connectivity index (χ0) is 19.6. The predicted octanol–water partition coefficient (Wildman–Crippen LogP) is 5.84. The minimum absolute atomic E-state index is 0.232. The molecule has 0 radical (unpaired) electrons. The number of thioether (sulfide) groups is 1. The average molecular weight is 605 g/mol. The van der Waals surface area contributed by atoms with E-state index in [-0.39, 0.29) is 11.1 Å². The molecule has 7 heteroatoms. The monoisotopic (exact) mass is 605 g/mol. The van der Waals surface area contributed by atoms with E-state index in [1.165, 1.54) is 4.90 Å². The summed E-state index contributed by atoms with van der Waals surface area (Å²) >= 11 is 5.44. The van der Waals surface area contributed by atoms with Gasteiger partial charge in [-0.3, -0.25) is 14.5 Å². The predicted molar refractivity (Wildman–Crippen MR) is 126 cm³/mol. The highest BCUT2D eigenvalue weighted by atomic mass is 127. The molecule has 0 atom stereocenters. The third-order valence-electron chi connectivity index (χ3n) is 4.07. The lowest BCUT2D eigenvalue weighted by Gasteiger charge is -2.14. The second-order valence-electron chi connectivity index (χ2n) is 5.94. The summed E-state index contributed by atoms with van der Waals surface area (Å²) in [5.74, 6) is 0.607. The van der Waals surface area contributed by atoms with E-state index in [1.54, 1.807) is 6.08 Å². The summed E-state index contributed by atoms with van der Waals surface area (Å²) in [6, 6.07) is 11.7. The highest BCUT2D eigenvalue weighted by molar-refractivity contribution is 14.1. The van der Waals surface area contributed by atoms with Crippen molar-refractivity contribution in [3.8, 4) is 5.75 Å². The van der Waals surface area contributed by atoms with E-state index in [2.05, 4.69) is 45.2 Å². The van der Waals surface area contributed by atoms with Gasteiger partial charge in [-0.2, -0.15) is 0 Å². The topological polar surface area (TPSA) is 46.6 Å². The Labute approximate surface area is 190 Å². The number of nitrogens with zero attached hydrogens (tertiary/aromatic N) is 1. The first-order valence-corrected chi connectivity index (χ1v) is 11.3. The maximum Gasteiger partial charge on any atom is 0.293 e. The van der Waals surface area contributed by atoms with Crippen LogP contribution >= 0.6 is 56.9 Å². The molecule has 2 amide bonds. The number of benzene rings is 2. The molecular formula is C20H17I2NO3S. The van der Waals surface area contributed by atoms with Gasteiger partial charge in [-0.05, 0) is 106 Å². The van der Waals surface area contributed by atoms with Crippen molar-refractivity contribution in [1.29, 1.82) is 0 Å². The zero-order valence-electron chi connectivity index (χ0n) is 14.8. The Kier molecular flexibility index (Phi) is 6.85. The largest absolute Gasteiger partial charge is 0.492 e. The highest BCUT2D eigenvalue weighted by Crippen LogP contribution is 2.35. The molecule has 1 fully saturated rings. The number of hydrogen-bond acceptors (Lipinski definition) is 4. The number of aryl methyl sites for hydroxylation is 1. The molecule has 0 bridgehead atoms. The van der Waals surface area contributed by atoms with Crippen molar-refractivity contribution >= 4 is 74.2 Å². The van der Waals surface area contributed by atoms with Gasteiger partial charge in [-0.25, -0.2) is 0 Å². The van der Waals surface area contributed by atoms with Crippen LogP contribution in [0.3, 0.4) is 0 Å². The van der Waals surface area contributed by atoms with Gasteiger partial charge in [0.25, 0.3) is 11.1 Å². The molecule has 0 unspecified atom stereocenters. The summed E-state index contributed by atoms with van der Waals surface area (Å²) in [7, 11) is 0. The maximum absolute atomic E-state index is 12.8. The van der Waals surface area contributed by atoms with Crippen LogP contribution in [-0.2, 0) is 11.3 Å². The van der Waals surface area contributed by atoms with Crippen LogP contribution in [0.1, 0.15) is 23.6 Å². The maximum atomic E-state index is 12.8. The molecule has 2 aromatic rings. The van der Waals surface area contributed by atoms with Gasteiger partial charge < -0.3 is 4.74 Å². The minimum Gasteiger partial charge on any atom is -0.492 e. The fourth-order valence-corrected chi connectivity index (χ4v) is 5.66. The lowest BCUT2D eigenvalue weighted by Crippen LogP contribution is -2.27. The fourth-order valence-electron chi connectivity index (χ4n) is 2.69. The number of halogens is 2. The van der Waals surface area contributed by atoms with E-state index >= 15 is 0 Å². The first kappa shape index (κ1) is 20.7. The van der Waals surface area contributed by atoms with Gasteiger partial charge in [-0.1, -0.05) is 24.3 Å². The second kappa shape index (κ2) is 8.95. The Morgan fingerprint density at radius 1 is 1.15 bits per heavy atom. The number of amides is 2. The van der Waals surface area contributed by atoms with Gasteiger partial charge in [0, 0.05) is 0 Å². The summed E-state index contributed by atoms with van der Waals surface area (Å²) in [4.78, 5) is 26.9. The normalized spacial score (nSPS) is 15.7. The van der Waals surface area contributed by atoms with Crippen molar-refractivity contribution < 1.29 is 14.3 Å². The molecule has 0 N–H and O–H groups in total.